The number of ketones is 1. The maximum atomic E-state index is 12.8. The Balaban J connectivity index is 2.21. The van der Waals surface area contributed by atoms with Crippen LogP contribution in [-0.4, -0.2) is 10.7 Å². The van der Waals surface area contributed by atoms with Crippen LogP contribution in [0.15, 0.2) is 48.5 Å². The molecule has 0 unspecified atom stereocenters. The predicted octanol–water partition coefficient (Wildman–Crippen LogP) is 4.28. The highest BCUT2D eigenvalue weighted by atomic mass is 35.5. The van der Waals surface area contributed by atoms with Gasteiger partial charge in [0.15, 0.2) is 5.78 Å². The van der Waals surface area contributed by atoms with Gasteiger partial charge in [-0.15, -0.1) is 0 Å². The minimum Gasteiger partial charge on any atom is -0.289 e. The number of nitro groups is 1. The van der Waals surface area contributed by atoms with Crippen molar-refractivity contribution in [3.05, 3.63) is 80.6 Å². The van der Waals surface area contributed by atoms with Crippen LogP contribution < -0.4 is 0 Å². The van der Waals surface area contributed by atoms with E-state index in [4.69, 9.17) is 11.6 Å². The van der Waals surface area contributed by atoms with E-state index in [1.165, 1.54) is 48.6 Å². The average Bonchev–Trinajstić information content (AvgIpc) is 2.46. The van der Waals surface area contributed by atoms with Crippen LogP contribution in [0.5, 0.6) is 0 Å². The van der Waals surface area contributed by atoms with E-state index in [2.05, 4.69) is 0 Å². The zero-order chi connectivity index (χ0) is 15.4. The lowest BCUT2D eigenvalue weighted by Gasteiger charge is -1.98. The van der Waals surface area contributed by atoms with Gasteiger partial charge in [0.1, 0.15) is 10.8 Å². The van der Waals surface area contributed by atoms with Gasteiger partial charge in [-0.1, -0.05) is 23.7 Å². The molecule has 0 spiro atoms. The first-order chi connectivity index (χ1) is 9.97. The van der Waals surface area contributed by atoms with E-state index in [-0.39, 0.29) is 16.5 Å². The summed E-state index contributed by atoms with van der Waals surface area (Å²) in [5.74, 6) is -0.753. The third-order valence-corrected chi connectivity index (χ3v) is 3.04. The molecule has 4 nitrogen and oxygen atoms in total. The molecule has 2 aromatic rings. The monoisotopic (exact) mass is 305 g/mol. The Kier molecular flexibility index (Phi) is 4.45. The van der Waals surface area contributed by atoms with Crippen LogP contribution in [0.3, 0.4) is 0 Å². The van der Waals surface area contributed by atoms with Crippen LogP contribution in [0.2, 0.25) is 5.02 Å². The van der Waals surface area contributed by atoms with Crippen molar-refractivity contribution < 1.29 is 14.1 Å². The zero-order valence-electron chi connectivity index (χ0n) is 10.6. The first-order valence-corrected chi connectivity index (χ1v) is 6.27. The molecule has 0 aliphatic carbocycles. The first-order valence-electron chi connectivity index (χ1n) is 5.89. The van der Waals surface area contributed by atoms with Crippen molar-refractivity contribution in [2.24, 2.45) is 0 Å². The molecule has 6 heteroatoms. The van der Waals surface area contributed by atoms with Crippen LogP contribution in [0.25, 0.3) is 6.08 Å². The van der Waals surface area contributed by atoms with Crippen LogP contribution in [-0.2, 0) is 0 Å². The smallest absolute Gasteiger partial charge is 0.288 e. The summed E-state index contributed by atoms with van der Waals surface area (Å²) in [6.45, 7) is 0. The average molecular weight is 306 g/mol. The summed E-state index contributed by atoms with van der Waals surface area (Å²) in [4.78, 5) is 22.0. The minimum absolute atomic E-state index is 0.0296. The van der Waals surface area contributed by atoms with Crippen molar-refractivity contribution in [1.29, 1.82) is 0 Å². The second-order valence-corrected chi connectivity index (χ2v) is 4.58. The van der Waals surface area contributed by atoms with E-state index in [0.29, 0.717) is 11.1 Å². The van der Waals surface area contributed by atoms with Crippen LogP contribution in [0.1, 0.15) is 15.9 Å². The van der Waals surface area contributed by atoms with Gasteiger partial charge in [0.25, 0.3) is 5.69 Å². The lowest BCUT2D eigenvalue weighted by Crippen LogP contribution is -1.94. The van der Waals surface area contributed by atoms with Gasteiger partial charge in [0, 0.05) is 11.6 Å². The molecule has 0 aromatic heterocycles. The molecule has 0 aliphatic heterocycles. The summed E-state index contributed by atoms with van der Waals surface area (Å²) in [7, 11) is 0. The Morgan fingerprint density at radius 3 is 2.48 bits per heavy atom. The van der Waals surface area contributed by atoms with E-state index in [1.807, 2.05) is 0 Å². The molecule has 21 heavy (non-hydrogen) atoms. The second kappa shape index (κ2) is 6.28. The minimum atomic E-state index is -0.596. The second-order valence-electron chi connectivity index (χ2n) is 4.17. The molecule has 2 aromatic carbocycles. The van der Waals surface area contributed by atoms with E-state index < -0.39 is 10.7 Å². The Morgan fingerprint density at radius 2 is 1.86 bits per heavy atom. The number of nitrogens with zero attached hydrogens (tertiary/aromatic N) is 1. The normalized spacial score (nSPS) is 10.8. The van der Waals surface area contributed by atoms with Gasteiger partial charge in [-0.05, 0) is 42.0 Å². The summed E-state index contributed by atoms with van der Waals surface area (Å²) in [5.41, 5.74) is 0.575. The number of benzene rings is 2. The van der Waals surface area contributed by atoms with Crippen LogP contribution in [0.4, 0.5) is 10.1 Å². The first kappa shape index (κ1) is 14.9. The van der Waals surface area contributed by atoms with Gasteiger partial charge in [-0.2, -0.15) is 0 Å². The summed E-state index contributed by atoms with van der Waals surface area (Å²) < 4.78 is 12.8. The largest absolute Gasteiger partial charge is 0.289 e. The fourth-order valence-electron chi connectivity index (χ4n) is 1.66. The van der Waals surface area contributed by atoms with Gasteiger partial charge in [-0.25, -0.2) is 4.39 Å². The number of rotatable bonds is 4. The number of carbonyl (C=O) groups is 1. The standard InChI is InChI=1S/C15H9ClFNO3/c16-13-7-1-10(9-14(13)18(20)21)2-8-15(19)11-3-5-12(17)6-4-11/h1-9H/b8-2+. The molecule has 0 heterocycles. The molecule has 0 bridgehead atoms. The maximum absolute atomic E-state index is 12.8. The maximum Gasteiger partial charge on any atom is 0.288 e. The van der Waals surface area contributed by atoms with Crippen molar-refractivity contribution in [2.75, 3.05) is 0 Å². The molecule has 0 amide bonds. The molecule has 0 saturated heterocycles. The fraction of sp³-hybridized carbons (Fsp3) is 0. The highest BCUT2D eigenvalue weighted by molar-refractivity contribution is 6.32. The quantitative estimate of drug-likeness (QED) is 0.366. The molecule has 0 radical (unpaired) electrons. The predicted molar refractivity (Wildman–Crippen MR) is 77.9 cm³/mol. The SMILES string of the molecule is O=C(/C=C/c1ccc(Cl)c([N+](=O)[O-])c1)c1ccc(F)cc1. The molecule has 2 rings (SSSR count). The van der Waals surface area contributed by atoms with Gasteiger partial charge in [0.2, 0.25) is 0 Å². The number of allylic oxidation sites excluding steroid dienone is 1. The molecule has 0 atom stereocenters. The summed E-state index contributed by atoms with van der Waals surface area (Å²) in [6, 6.07) is 9.34. The molecular weight excluding hydrogens is 297 g/mol. The fourth-order valence-corrected chi connectivity index (χ4v) is 1.84. The molecule has 0 N–H and O–H groups in total. The van der Waals surface area contributed by atoms with Gasteiger partial charge in [-0.3, -0.25) is 14.9 Å². The van der Waals surface area contributed by atoms with Crippen LogP contribution >= 0.6 is 11.6 Å². The van der Waals surface area contributed by atoms with E-state index in [1.54, 1.807) is 6.07 Å². The van der Waals surface area contributed by atoms with Crippen molar-refractivity contribution in [3.63, 3.8) is 0 Å². The van der Waals surface area contributed by atoms with Crippen molar-refractivity contribution in [3.8, 4) is 0 Å². The van der Waals surface area contributed by atoms with Gasteiger partial charge < -0.3 is 0 Å². The van der Waals surface area contributed by atoms with E-state index >= 15 is 0 Å². The third-order valence-electron chi connectivity index (χ3n) is 2.72. The molecule has 106 valence electrons. The van der Waals surface area contributed by atoms with Crippen molar-refractivity contribution in [2.45, 2.75) is 0 Å². The van der Waals surface area contributed by atoms with Gasteiger partial charge in [0.05, 0.1) is 4.92 Å². The molecule has 0 saturated carbocycles. The third kappa shape index (κ3) is 3.73. The molecule has 0 aliphatic rings. The Morgan fingerprint density at radius 1 is 1.19 bits per heavy atom. The Hall–Kier alpha value is -2.53. The summed E-state index contributed by atoms with van der Waals surface area (Å²) in [5, 5.41) is 10.8. The van der Waals surface area contributed by atoms with Crippen molar-refractivity contribution >= 4 is 29.1 Å². The summed E-state index contributed by atoms with van der Waals surface area (Å²) in [6.07, 6.45) is 2.70. The highest BCUT2D eigenvalue weighted by Gasteiger charge is 2.11. The zero-order valence-corrected chi connectivity index (χ0v) is 11.4. The topological polar surface area (TPSA) is 60.2 Å². The number of nitro benzene ring substituents is 1. The number of halogens is 2. The molecular formula is C15H9ClFNO3. The van der Waals surface area contributed by atoms with Gasteiger partial charge >= 0.3 is 0 Å². The lowest BCUT2D eigenvalue weighted by molar-refractivity contribution is -0.384. The lowest BCUT2D eigenvalue weighted by atomic mass is 10.1. The van der Waals surface area contributed by atoms with E-state index in [0.717, 1.165) is 0 Å². The van der Waals surface area contributed by atoms with Crippen molar-refractivity contribution in [1.82, 2.24) is 0 Å². The Labute approximate surface area is 124 Å². The van der Waals surface area contributed by atoms with Crippen LogP contribution in [0, 0.1) is 15.9 Å². The number of carbonyl (C=O) groups excluding carboxylic acids is 1. The number of hydrogen-bond acceptors (Lipinski definition) is 3. The molecule has 0 fully saturated rings. The highest BCUT2D eigenvalue weighted by Crippen LogP contribution is 2.25. The Bertz CT molecular complexity index is 726. The summed E-state index contributed by atoms with van der Waals surface area (Å²) >= 11 is 5.70. The van der Waals surface area contributed by atoms with E-state index in [9.17, 15) is 19.3 Å². The number of hydrogen-bond donors (Lipinski definition) is 0.